The number of rotatable bonds is 5. The number of imide groups is 1. The van der Waals surface area contributed by atoms with Crippen molar-refractivity contribution in [2.24, 2.45) is 5.41 Å². The molecule has 1 aliphatic heterocycles. The summed E-state index contributed by atoms with van der Waals surface area (Å²) in [5.74, 6) is -0.626. The summed E-state index contributed by atoms with van der Waals surface area (Å²) in [6, 6.07) is 9.31. The van der Waals surface area contributed by atoms with Crippen molar-refractivity contribution in [2.75, 3.05) is 13.1 Å². The average molecular weight is 399 g/mol. The molecule has 1 unspecified atom stereocenters. The number of halogens is 2. The summed E-state index contributed by atoms with van der Waals surface area (Å²) in [7, 11) is 0. The molecule has 1 heterocycles. The van der Waals surface area contributed by atoms with Crippen LogP contribution in [0, 0.1) is 5.41 Å². The quantitative estimate of drug-likeness (QED) is 0.609. The van der Waals surface area contributed by atoms with Gasteiger partial charge in [0, 0.05) is 13.1 Å². The molecule has 0 aromatic heterocycles. The predicted molar refractivity (Wildman–Crippen MR) is 99.3 cm³/mol. The summed E-state index contributed by atoms with van der Waals surface area (Å²) in [6.45, 7) is 1.95. The lowest BCUT2D eigenvalue weighted by Crippen LogP contribution is -2.40. The third kappa shape index (κ3) is 3.57. The molecule has 1 saturated heterocycles. The van der Waals surface area contributed by atoms with Crippen molar-refractivity contribution in [3.63, 3.8) is 0 Å². The van der Waals surface area contributed by atoms with Gasteiger partial charge in [0.05, 0.1) is 10.3 Å². The Hall–Kier alpha value is -1.50. The van der Waals surface area contributed by atoms with E-state index >= 15 is 0 Å². The standard InChI is InChI=1S/C17H16Cl2N2O3S/c1-16(10-17(16,18)19)14(23)20-7-8-21-13(22)12(25-15(21)24)9-11-5-3-2-4-6-11/h2-6,9H,7-8,10H2,1H3,(H,20,23)/b12-9-. The zero-order valence-corrected chi connectivity index (χ0v) is 15.7. The lowest BCUT2D eigenvalue weighted by molar-refractivity contribution is -0.127. The molecule has 1 saturated carbocycles. The van der Waals surface area contributed by atoms with E-state index in [9.17, 15) is 14.4 Å². The lowest BCUT2D eigenvalue weighted by Gasteiger charge is -2.15. The van der Waals surface area contributed by atoms with Crippen LogP contribution in [0.4, 0.5) is 4.79 Å². The van der Waals surface area contributed by atoms with Gasteiger partial charge in [0.25, 0.3) is 11.1 Å². The van der Waals surface area contributed by atoms with Gasteiger partial charge in [0.15, 0.2) is 0 Å². The van der Waals surface area contributed by atoms with Crippen molar-refractivity contribution < 1.29 is 14.4 Å². The zero-order chi connectivity index (χ0) is 18.2. The van der Waals surface area contributed by atoms with Gasteiger partial charge in [-0.3, -0.25) is 19.3 Å². The van der Waals surface area contributed by atoms with Crippen LogP contribution >= 0.6 is 35.0 Å². The molecule has 0 spiro atoms. The first kappa shape index (κ1) is 18.3. The van der Waals surface area contributed by atoms with Gasteiger partial charge in [-0.15, -0.1) is 23.2 Å². The van der Waals surface area contributed by atoms with Crippen LogP contribution in [-0.2, 0) is 9.59 Å². The highest BCUT2D eigenvalue weighted by atomic mass is 35.5. The summed E-state index contributed by atoms with van der Waals surface area (Å²) >= 11 is 12.8. The Morgan fingerprint density at radius 2 is 1.96 bits per heavy atom. The van der Waals surface area contributed by atoms with Crippen molar-refractivity contribution in [2.45, 2.75) is 17.7 Å². The molecule has 3 rings (SSSR count). The first-order chi connectivity index (χ1) is 11.7. The third-order valence-electron chi connectivity index (χ3n) is 4.35. The number of nitrogens with one attached hydrogen (secondary N) is 1. The second-order valence-electron chi connectivity index (χ2n) is 6.21. The third-order valence-corrected chi connectivity index (χ3v) is 6.36. The van der Waals surface area contributed by atoms with Crippen LogP contribution in [0.2, 0.25) is 0 Å². The SMILES string of the molecule is CC1(C(=O)NCCN2C(=O)S/C(=C\c3ccccc3)C2=O)CC1(Cl)Cl. The maximum Gasteiger partial charge on any atom is 0.293 e. The van der Waals surface area contributed by atoms with E-state index in [2.05, 4.69) is 5.32 Å². The van der Waals surface area contributed by atoms with E-state index < -0.39 is 9.75 Å². The van der Waals surface area contributed by atoms with E-state index in [4.69, 9.17) is 23.2 Å². The van der Waals surface area contributed by atoms with Gasteiger partial charge in [0.1, 0.15) is 4.33 Å². The fourth-order valence-electron chi connectivity index (χ4n) is 2.52. The molecule has 2 aliphatic rings. The van der Waals surface area contributed by atoms with Crippen LogP contribution in [0.5, 0.6) is 0 Å². The maximum absolute atomic E-state index is 12.4. The van der Waals surface area contributed by atoms with Crippen LogP contribution in [-0.4, -0.2) is 39.4 Å². The molecule has 0 radical (unpaired) electrons. The predicted octanol–water partition coefficient (Wildman–Crippen LogP) is 3.42. The zero-order valence-electron chi connectivity index (χ0n) is 13.4. The highest BCUT2D eigenvalue weighted by molar-refractivity contribution is 8.18. The molecule has 8 heteroatoms. The molecule has 1 atom stereocenters. The van der Waals surface area contributed by atoms with Gasteiger partial charge in [0.2, 0.25) is 5.91 Å². The fraction of sp³-hybridized carbons (Fsp3) is 0.353. The van der Waals surface area contributed by atoms with Crippen LogP contribution in [0.15, 0.2) is 35.2 Å². The molecular weight excluding hydrogens is 383 g/mol. The normalized spacial score (nSPS) is 26.2. The van der Waals surface area contributed by atoms with E-state index in [0.717, 1.165) is 22.2 Å². The molecule has 1 aromatic carbocycles. The molecule has 132 valence electrons. The van der Waals surface area contributed by atoms with Crippen molar-refractivity contribution in [1.82, 2.24) is 10.2 Å². The highest BCUT2D eigenvalue weighted by Gasteiger charge is 2.67. The monoisotopic (exact) mass is 398 g/mol. The number of thioether (sulfide) groups is 1. The summed E-state index contributed by atoms with van der Waals surface area (Å²) in [6.07, 6.45) is 2.07. The molecule has 25 heavy (non-hydrogen) atoms. The minimum Gasteiger partial charge on any atom is -0.354 e. The smallest absolute Gasteiger partial charge is 0.293 e. The van der Waals surface area contributed by atoms with E-state index in [0.29, 0.717) is 11.3 Å². The second-order valence-corrected chi connectivity index (χ2v) is 8.69. The molecule has 0 bridgehead atoms. The number of carbonyl (C=O) groups is 3. The minimum atomic E-state index is -1.04. The van der Waals surface area contributed by atoms with E-state index in [-0.39, 0.29) is 30.1 Å². The van der Waals surface area contributed by atoms with Gasteiger partial charge >= 0.3 is 0 Å². The van der Waals surface area contributed by atoms with Crippen LogP contribution in [0.1, 0.15) is 18.9 Å². The summed E-state index contributed by atoms with van der Waals surface area (Å²) in [5.41, 5.74) is 0.0333. The van der Waals surface area contributed by atoms with Crippen molar-refractivity contribution in [1.29, 1.82) is 0 Å². The summed E-state index contributed by atoms with van der Waals surface area (Å²) in [4.78, 5) is 38.0. The van der Waals surface area contributed by atoms with Crippen LogP contribution < -0.4 is 5.32 Å². The number of benzene rings is 1. The second kappa shape index (κ2) is 6.67. The number of hydrogen-bond acceptors (Lipinski definition) is 4. The van der Waals surface area contributed by atoms with Crippen LogP contribution in [0.3, 0.4) is 0 Å². The Bertz CT molecular complexity index is 766. The van der Waals surface area contributed by atoms with Gasteiger partial charge in [-0.2, -0.15) is 0 Å². The van der Waals surface area contributed by atoms with Gasteiger partial charge in [-0.25, -0.2) is 0 Å². The fourth-order valence-corrected chi connectivity index (χ4v) is 4.09. The van der Waals surface area contributed by atoms with E-state index in [1.807, 2.05) is 30.3 Å². The maximum atomic E-state index is 12.4. The number of hydrogen-bond donors (Lipinski definition) is 1. The van der Waals surface area contributed by atoms with Crippen molar-refractivity contribution in [3.05, 3.63) is 40.8 Å². The van der Waals surface area contributed by atoms with E-state index in [1.165, 1.54) is 0 Å². The number of alkyl halides is 2. The Labute approximate surface area is 159 Å². The molecule has 1 N–H and O–H groups in total. The minimum absolute atomic E-state index is 0.107. The van der Waals surface area contributed by atoms with E-state index in [1.54, 1.807) is 13.0 Å². The molecule has 5 nitrogen and oxygen atoms in total. The molecule has 3 amide bonds. The summed E-state index contributed by atoms with van der Waals surface area (Å²) in [5, 5.41) is 2.35. The molecule has 1 aromatic rings. The molecule has 2 fully saturated rings. The number of amides is 3. The number of carbonyl (C=O) groups excluding carboxylic acids is 3. The van der Waals surface area contributed by atoms with Crippen LogP contribution in [0.25, 0.3) is 6.08 Å². The molecule has 1 aliphatic carbocycles. The lowest BCUT2D eigenvalue weighted by atomic mass is 10.1. The average Bonchev–Trinajstić information content (AvgIpc) is 2.98. The molecular formula is C17H16Cl2N2O3S. The van der Waals surface area contributed by atoms with Crippen molar-refractivity contribution in [3.8, 4) is 0 Å². The van der Waals surface area contributed by atoms with Crippen molar-refractivity contribution >= 4 is 58.1 Å². The van der Waals surface area contributed by atoms with Gasteiger partial charge in [-0.05, 0) is 36.7 Å². The Balaban J connectivity index is 1.57. The Morgan fingerprint density at radius 3 is 2.56 bits per heavy atom. The topological polar surface area (TPSA) is 66.5 Å². The summed E-state index contributed by atoms with van der Waals surface area (Å²) < 4.78 is -1.04. The van der Waals surface area contributed by atoms with Gasteiger partial charge in [-0.1, -0.05) is 30.3 Å². The van der Waals surface area contributed by atoms with Gasteiger partial charge < -0.3 is 5.32 Å². The highest BCUT2D eigenvalue weighted by Crippen LogP contribution is 2.63. The Kier molecular flexibility index (Phi) is 4.88. The Morgan fingerprint density at radius 1 is 1.32 bits per heavy atom. The number of nitrogens with zero attached hydrogens (tertiary/aromatic N) is 1. The first-order valence-corrected chi connectivity index (χ1v) is 9.28. The first-order valence-electron chi connectivity index (χ1n) is 7.71. The largest absolute Gasteiger partial charge is 0.354 e.